The van der Waals surface area contributed by atoms with Gasteiger partial charge in [0.15, 0.2) is 8.07 Å². The SMILES string of the molecule is c1ccc(-c2ccccc2-c2cccc(-n3c4ccccc4c4c(-n5c6ccccc6c6cc([Si](c7ccccc7)(c7ccccc7)c7ccccc7)ccc65)cccc43)c2)cc1. The maximum Gasteiger partial charge on any atom is 0.179 e. The molecule has 0 spiro atoms. The lowest BCUT2D eigenvalue weighted by molar-refractivity contribution is 1.17. The van der Waals surface area contributed by atoms with Gasteiger partial charge in [0.25, 0.3) is 0 Å². The van der Waals surface area contributed by atoms with Gasteiger partial charge in [-0.2, -0.15) is 0 Å². The first-order valence-electron chi connectivity index (χ1n) is 21.8. The highest BCUT2D eigenvalue weighted by molar-refractivity contribution is 7.20. The van der Waals surface area contributed by atoms with Crippen LogP contribution >= 0.6 is 0 Å². The van der Waals surface area contributed by atoms with Gasteiger partial charge in [-0.1, -0.05) is 212 Å². The molecule has 0 amide bonds. The Bertz CT molecular complexity index is 3510. The summed E-state index contributed by atoms with van der Waals surface area (Å²) in [6.07, 6.45) is 0. The molecule has 2 aromatic heterocycles. The van der Waals surface area contributed by atoms with Crippen LogP contribution in [0.2, 0.25) is 0 Å². The second-order valence-electron chi connectivity index (χ2n) is 16.4. The molecule has 12 aromatic rings. The fraction of sp³-hybridized carbons (Fsp3) is 0. The Morgan fingerprint density at radius 1 is 0.270 bits per heavy atom. The highest BCUT2D eigenvalue weighted by Crippen LogP contribution is 2.41. The van der Waals surface area contributed by atoms with Gasteiger partial charge in [-0.3, -0.25) is 0 Å². The van der Waals surface area contributed by atoms with E-state index < -0.39 is 8.07 Å². The molecule has 0 aliphatic carbocycles. The van der Waals surface area contributed by atoms with Gasteiger partial charge in [0.05, 0.1) is 27.8 Å². The van der Waals surface area contributed by atoms with Crippen molar-refractivity contribution in [2.45, 2.75) is 0 Å². The highest BCUT2D eigenvalue weighted by atomic mass is 28.3. The number of hydrogen-bond donors (Lipinski definition) is 0. The van der Waals surface area contributed by atoms with E-state index in [9.17, 15) is 0 Å². The average molecular weight is 819 g/mol. The average Bonchev–Trinajstić information content (AvgIpc) is 3.88. The van der Waals surface area contributed by atoms with Gasteiger partial charge in [0.1, 0.15) is 0 Å². The lowest BCUT2D eigenvalue weighted by Gasteiger charge is -2.34. The van der Waals surface area contributed by atoms with Crippen LogP contribution in [-0.2, 0) is 0 Å². The molecule has 0 saturated carbocycles. The van der Waals surface area contributed by atoms with Crippen molar-refractivity contribution >= 4 is 72.4 Å². The molecule has 2 nitrogen and oxygen atoms in total. The molecule has 0 unspecified atom stereocenters. The Morgan fingerprint density at radius 2 is 0.746 bits per heavy atom. The molecule has 0 aliphatic rings. The Balaban J connectivity index is 1.09. The molecule has 2 heterocycles. The number of rotatable bonds is 8. The molecule has 12 rings (SSSR count). The van der Waals surface area contributed by atoms with Crippen LogP contribution in [0.5, 0.6) is 0 Å². The summed E-state index contributed by atoms with van der Waals surface area (Å²) < 4.78 is 4.96. The minimum absolute atomic E-state index is 1.13. The fourth-order valence-corrected chi connectivity index (χ4v) is 15.2. The van der Waals surface area contributed by atoms with Crippen LogP contribution in [0.4, 0.5) is 0 Å². The maximum atomic E-state index is 2.52. The van der Waals surface area contributed by atoms with E-state index in [0.717, 1.165) is 5.69 Å². The van der Waals surface area contributed by atoms with Gasteiger partial charge < -0.3 is 9.13 Å². The summed E-state index contributed by atoms with van der Waals surface area (Å²) in [6, 6.07) is 94.1. The molecular formula is C60H42N2Si. The third-order valence-electron chi connectivity index (χ3n) is 13.1. The topological polar surface area (TPSA) is 9.86 Å². The molecule has 10 aromatic carbocycles. The normalized spacial score (nSPS) is 11.8. The van der Waals surface area contributed by atoms with Crippen LogP contribution in [-0.4, -0.2) is 17.2 Å². The molecule has 0 fully saturated rings. The van der Waals surface area contributed by atoms with Gasteiger partial charge >= 0.3 is 0 Å². The van der Waals surface area contributed by atoms with Crippen LogP contribution < -0.4 is 20.7 Å². The lowest BCUT2D eigenvalue weighted by atomic mass is 9.94. The third-order valence-corrected chi connectivity index (χ3v) is 17.8. The zero-order valence-electron chi connectivity index (χ0n) is 34.6. The molecule has 0 aliphatic heterocycles. The molecule has 0 saturated heterocycles. The minimum Gasteiger partial charge on any atom is -0.309 e. The number of benzene rings is 10. The summed E-state index contributed by atoms with van der Waals surface area (Å²) in [7, 11) is -2.75. The van der Waals surface area contributed by atoms with E-state index in [-0.39, 0.29) is 0 Å². The Morgan fingerprint density at radius 3 is 1.40 bits per heavy atom. The van der Waals surface area contributed by atoms with E-state index in [1.54, 1.807) is 0 Å². The summed E-state index contributed by atoms with van der Waals surface area (Å²) in [5.41, 5.74) is 11.9. The van der Waals surface area contributed by atoms with E-state index >= 15 is 0 Å². The second kappa shape index (κ2) is 15.2. The van der Waals surface area contributed by atoms with Crippen molar-refractivity contribution in [2.75, 3.05) is 0 Å². The maximum absolute atomic E-state index is 2.75. The van der Waals surface area contributed by atoms with Crippen LogP contribution in [0.15, 0.2) is 255 Å². The monoisotopic (exact) mass is 818 g/mol. The quantitative estimate of drug-likeness (QED) is 0.107. The molecule has 3 heteroatoms. The Hall–Kier alpha value is -7.98. The van der Waals surface area contributed by atoms with Crippen LogP contribution in [0.3, 0.4) is 0 Å². The van der Waals surface area contributed by atoms with Crippen LogP contribution in [0.25, 0.3) is 77.2 Å². The lowest BCUT2D eigenvalue weighted by Crippen LogP contribution is -2.74. The number of fused-ring (bicyclic) bond motifs is 6. The number of nitrogens with zero attached hydrogens (tertiary/aromatic N) is 2. The number of aromatic nitrogens is 2. The summed E-state index contributed by atoms with van der Waals surface area (Å²) in [5.74, 6) is 0. The van der Waals surface area contributed by atoms with Gasteiger partial charge in [0, 0.05) is 27.2 Å². The molecule has 0 N–H and O–H groups in total. The standard InChI is InChI=1S/C60H42N2Si/c1-5-21-43(22-6-1)50-31-13-14-32-51(50)44-23-19-24-45(41-44)61-56-36-18-16-34-53(56)60-58(61)37-20-38-59(60)62-55-35-17-15-33-52(55)54-42-49(39-40-57(54)62)63(46-25-7-2-8-26-46,47-27-9-3-10-28-47)48-29-11-4-12-30-48/h1-42H. The van der Waals surface area contributed by atoms with E-state index in [2.05, 4.69) is 264 Å². The van der Waals surface area contributed by atoms with Crippen molar-refractivity contribution in [1.82, 2.24) is 9.13 Å². The van der Waals surface area contributed by atoms with Gasteiger partial charge in [0.2, 0.25) is 0 Å². The first-order chi connectivity index (χ1) is 31.3. The molecule has 296 valence electrons. The predicted molar refractivity (Wildman–Crippen MR) is 270 cm³/mol. The van der Waals surface area contributed by atoms with Crippen molar-refractivity contribution < 1.29 is 0 Å². The van der Waals surface area contributed by atoms with Crippen molar-refractivity contribution in [3.63, 3.8) is 0 Å². The van der Waals surface area contributed by atoms with Crippen molar-refractivity contribution in [2.24, 2.45) is 0 Å². The van der Waals surface area contributed by atoms with E-state index in [0.29, 0.717) is 0 Å². The largest absolute Gasteiger partial charge is 0.309 e. The Labute approximate surface area is 368 Å². The van der Waals surface area contributed by atoms with E-state index in [4.69, 9.17) is 0 Å². The summed E-state index contributed by atoms with van der Waals surface area (Å²) in [4.78, 5) is 0. The fourth-order valence-electron chi connectivity index (χ4n) is 10.4. The first-order valence-corrected chi connectivity index (χ1v) is 23.8. The van der Waals surface area contributed by atoms with E-state index in [1.807, 2.05) is 0 Å². The predicted octanol–water partition coefficient (Wildman–Crippen LogP) is 12.6. The zero-order valence-corrected chi connectivity index (χ0v) is 35.6. The summed E-state index contributed by atoms with van der Waals surface area (Å²) >= 11 is 0. The van der Waals surface area contributed by atoms with Crippen molar-refractivity contribution in [1.29, 1.82) is 0 Å². The van der Waals surface area contributed by atoms with Crippen molar-refractivity contribution in [3.05, 3.63) is 255 Å². The van der Waals surface area contributed by atoms with Crippen molar-refractivity contribution in [3.8, 4) is 33.6 Å². The zero-order chi connectivity index (χ0) is 41.7. The molecule has 0 bridgehead atoms. The minimum atomic E-state index is -2.75. The molecule has 63 heavy (non-hydrogen) atoms. The van der Waals surface area contributed by atoms with Gasteiger partial charge in [-0.15, -0.1) is 0 Å². The highest BCUT2D eigenvalue weighted by Gasteiger charge is 2.41. The molecular weight excluding hydrogens is 777 g/mol. The molecule has 0 radical (unpaired) electrons. The summed E-state index contributed by atoms with van der Waals surface area (Å²) in [6.45, 7) is 0. The number of hydrogen-bond acceptors (Lipinski definition) is 0. The van der Waals surface area contributed by atoms with Gasteiger partial charge in [-0.25, -0.2) is 0 Å². The second-order valence-corrected chi connectivity index (χ2v) is 20.2. The van der Waals surface area contributed by atoms with Gasteiger partial charge in [-0.05, 0) is 85.5 Å². The van der Waals surface area contributed by atoms with Crippen LogP contribution in [0.1, 0.15) is 0 Å². The first kappa shape index (κ1) is 36.8. The van der Waals surface area contributed by atoms with E-state index in [1.165, 1.54) is 92.3 Å². The number of para-hydroxylation sites is 2. The third kappa shape index (κ3) is 5.85. The molecule has 0 atom stereocenters. The summed E-state index contributed by atoms with van der Waals surface area (Å²) in [5, 5.41) is 10.4. The van der Waals surface area contributed by atoms with Crippen LogP contribution in [0, 0.1) is 0 Å². The smallest absolute Gasteiger partial charge is 0.179 e. The Kier molecular flexibility index (Phi) is 8.87.